The number of benzene rings is 2. The van der Waals surface area contributed by atoms with Gasteiger partial charge in [-0.3, -0.25) is 4.79 Å². The average molecular weight is 542 g/mol. The molecule has 5 nitrogen and oxygen atoms in total. The van der Waals surface area contributed by atoms with Crippen molar-refractivity contribution in [3.8, 4) is 11.5 Å². The Kier molecular flexibility index (Phi) is 13.1. The summed E-state index contributed by atoms with van der Waals surface area (Å²) in [6, 6.07) is 12.3. The number of aromatic nitrogens is 1. The fraction of sp³-hybridized carbons (Fsp3) is 0.484. The fourth-order valence-corrected chi connectivity index (χ4v) is 4.97. The number of anilines is 1. The topological polar surface area (TPSA) is 51.4 Å². The number of unbranched alkanes of at least 4 members (excludes halogenated alkanes) is 9. The van der Waals surface area contributed by atoms with Crippen molar-refractivity contribution >= 4 is 22.9 Å². The fourth-order valence-electron chi connectivity index (χ4n) is 4.33. The number of carbonyl (C=O) groups is 1. The summed E-state index contributed by atoms with van der Waals surface area (Å²) in [5, 5.41) is 2.86. The highest BCUT2D eigenvalue weighted by atomic mass is 32.1. The van der Waals surface area contributed by atoms with Crippen LogP contribution in [0.15, 0.2) is 54.2 Å². The normalized spacial score (nSPS) is 10.9. The lowest BCUT2D eigenvalue weighted by atomic mass is 10.1. The first-order valence-electron chi connectivity index (χ1n) is 13.9. The van der Waals surface area contributed by atoms with Gasteiger partial charge in [0.05, 0.1) is 11.5 Å². The smallest absolute Gasteiger partial charge is 0.262 e. The van der Waals surface area contributed by atoms with Gasteiger partial charge in [0.1, 0.15) is 0 Å². The summed E-state index contributed by atoms with van der Waals surface area (Å²) in [4.78, 5) is 13.8. The van der Waals surface area contributed by atoms with Crippen LogP contribution in [0.1, 0.15) is 81.6 Å². The van der Waals surface area contributed by atoms with Gasteiger partial charge < -0.3 is 14.8 Å². The zero-order valence-electron chi connectivity index (χ0n) is 22.8. The Morgan fingerprint density at radius 2 is 1.66 bits per heavy atom. The van der Waals surface area contributed by atoms with E-state index in [1.807, 2.05) is 24.3 Å². The number of halogens is 1. The van der Waals surface area contributed by atoms with Crippen LogP contribution >= 0.6 is 11.3 Å². The average Bonchev–Trinajstić information content (AvgIpc) is 3.31. The van der Waals surface area contributed by atoms with Crippen LogP contribution < -0.4 is 19.4 Å². The van der Waals surface area contributed by atoms with Crippen LogP contribution in [-0.4, -0.2) is 19.1 Å². The van der Waals surface area contributed by atoms with E-state index >= 15 is 0 Å². The van der Waals surface area contributed by atoms with Gasteiger partial charge in [-0.25, -0.2) is 4.39 Å². The number of aryl methyl sites for hydroxylation is 1. The van der Waals surface area contributed by atoms with Gasteiger partial charge in [-0.15, -0.1) is 0 Å². The monoisotopic (exact) mass is 541 g/mol. The van der Waals surface area contributed by atoms with E-state index in [-0.39, 0.29) is 24.0 Å². The summed E-state index contributed by atoms with van der Waals surface area (Å²) in [6.07, 6.45) is 14.4. The van der Waals surface area contributed by atoms with Gasteiger partial charge >= 0.3 is 0 Å². The molecule has 3 rings (SSSR count). The van der Waals surface area contributed by atoms with Crippen LogP contribution in [0.3, 0.4) is 0 Å². The second-order valence-electron chi connectivity index (χ2n) is 9.77. The molecule has 206 valence electrons. The quantitative estimate of drug-likeness (QED) is 0.132. The van der Waals surface area contributed by atoms with E-state index in [4.69, 9.17) is 9.47 Å². The van der Waals surface area contributed by atoms with E-state index < -0.39 is 5.82 Å². The Hall–Kier alpha value is -2.93. The molecule has 0 aliphatic carbocycles. The molecule has 0 radical (unpaired) electrons. The highest BCUT2D eigenvalue weighted by Crippen LogP contribution is 2.30. The number of nitrogens with zero attached hydrogens (tertiary/aromatic N) is 1. The predicted molar refractivity (Wildman–Crippen MR) is 153 cm³/mol. The molecule has 0 bridgehead atoms. The molecule has 1 aromatic heterocycles. The Morgan fingerprint density at radius 1 is 0.947 bits per heavy atom. The van der Waals surface area contributed by atoms with Crippen LogP contribution in [0.25, 0.3) is 0 Å². The molecule has 3 aromatic rings. The first-order chi connectivity index (χ1) is 18.5. The molecular formula is C31H42FN2O3S+. The standard InChI is InChI=1S/C31H41FN2O3S/c1-3-4-5-6-7-8-9-10-11-12-19-36-31-28(32)17-14-18-29(31)37-23-30(35)33-27-16-13-15-26(20-27)22-34-21-25(2)38-24-34/h13-18,20-21,24H,3-12,19,22-23H2,1-2H3/p+1. The predicted octanol–water partition coefficient (Wildman–Crippen LogP) is 7.85. The van der Waals surface area contributed by atoms with Gasteiger partial charge in [0.15, 0.2) is 36.7 Å². The Bertz CT molecular complexity index is 1120. The number of nitrogens with one attached hydrogen (secondary N) is 1. The van der Waals surface area contributed by atoms with Crippen LogP contribution in [0.4, 0.5) is 10.1 Å². The summed E-state index contributed by atoms with van der Waals surface area (Å²) in [7, 11) is 0. The van der Waals surface area contributed by atoms with E-state index in [0.717, 1.165) is 24.9 Å². The lowest BCUT2D eigenvalue weighted by Gasteiger charge is -2.13. The molecular weight excluding hydrogens is 499 g/mol. The highest BCUT2D eigenvalue weighted by molar-refractivity contribution is 7.09. The van der Waals surface area contributed by atoms with Gasteiger partial charge in [-0.2, -0.15) is 4.57 Å². The maximum Gasteiger partial charge on any atom is 0.262 e. The molecule has 1 N–H and O–H groups in total. The molecule has 0 aliphatic rings. The minimum Gasteiger partial charge on any atom is -0.487 e. The second-order valence-corrected chi connectivity index (χ2v) is 10.9. The van der Waals surface area contributed by atoms with E-state index in [2.05, 4.69) is 35.4 Å². The third-order valence-electron chi connectivity index (χ3n) is 6.33. The molecule has 7 heteroatoms. The van der Waals surface area contributed by atoms with Crippen molar-refractivity contribution in [3.05, 3.63) is 70.4 Å². The maximum atomic E-state index is 14.4. The third-order valence-corrected chi connectivity index (χ3v) is 7.18. The molecule has 1 amide bonds. The number of hydrogen-bond acceptors (Lipinski definition) is 4. The van der Waals surface area contributed by atoms with Crippen LogP contribution in [0.5, 0.6) is 11.5 Å². The largest absolute Gasteiger partial charge is 0.487 e. The zero-order valence-corrected chi connectivity index (χ0v) is 23.7. The molecule has 0 saturated carbocycles. The molecule has 1 heterocycles. The minimum absolute atomic E-state index is 0.0707. The molecule has 0 atom stereocenters. The summed E-state index contributed by atoms with van der Waals surface area (Å²) in [5.41, 5.74) is 3.85. The first-order valence-corrected chi connectivity index (χ1v) is 14.8. The van der Waals surface area contributed by atoms with Crippen molar-refractivity contribution in [2.45, 2.75) is 84.6 Å². The zero-order chi connectivity index (χ0) is 27.0. The minimum atomic E-state index is -0.483. The van der Waals surface area contributed by atoms with Crippen molar-refractivity contribution in [1.82, 2.24) is 0 Å². The second kappa shape index (κ2) is 16.8. The summed E-state index contributed by atoms with van der Waals surface area (Å²) in [6.45, 7) is 5.23. The van der Waals surface area contributed by atoms with Crippen molar-refractivity contribution in [1.29, 1.82) is 0 Å². The van der Waals surface area contributed by atoms with Crippen molar-refractivity contribution in [2.24, 2.45) is 0 Å². The number of para-hydroxylation sites is 1. The molecule has 2 aromatic carbocycles. The third kappa shape index (κ3) is 10.8. The maximum absolute atomic E-state index is 14.4. The Labute approximate surface area is 231 Å². The van der Waals surface area contributed by atoms with E-state index in [1.54, 1.807) is 23.5 Å². The number of carbonyl (C=O) groups excluding carboxylic acids is 1. The summed E-state index contributed by atoms with van der Waals surface area (Å²) in [5.74, 6) is -0.485. The molecule has 0 fully saturated rings. The van der Waals surface area contributed by atoms with Gasteiger partial charge in [-0.1, -0.05) is 94.2 Å². The summed E-state index contributed by atoms with van der Waals surface area (Å²) >= 11 is 1.70. The lowest BCUT2D eigenvalue weighted by molar-refractivity contribution is -0.683. The SMILES string of the molecule is CCCCCCCCCCCCOc1c(F)cccc1OCC(=O)Nc1cccc(C[n+]2csc(C)c2)c1. The Morgan fingerprint density at radius 3 is 2.37 bits per heavy atom. The van der Waals surface area contributed by atoms with Crippen molar-refractivity contribution in [2.75, 3.05) is 18.5 Å². The van der Waals surface area contributed by atoms with Crippen LogP contribution in [-0.2, 0) is 11.3 Å². The molecule has 0 spiro atoms. The summed E-state index contributed by atoms with van der Waals surface area (Å²) < 4.78 is 27.9. The molecule has 0 unspecified atom stereocenters. The van der Waals surface area contributed by atoms with E-state index in [1.165, 1.54) is 62.3 Å². The van der Waals surface area contributed by atoms with Crippen molar-refractivity contribution < 1.29 is 23.2 Å². The molecule has 0 saturated heterocycles. The number of hydrogen-bond donors (Lipinski definition) is 1. The highest BCUT2D eigenvalue weighted by Gasteiger charge is 2.14. The first kappa shape index (κ1) is 29.6. The molecule has 0 aliphatic heterocycles. The van der Waals surface area contributed by atoms with Crippen LogP contribution in [0.2, 0.25) is 0 Å². The lowest BCUT2D eigenvalue weighted by Crippen LogP contribution is -2.30. The molecule has 38 heavy (non-hydrogen) atoms. The number of ether oxygens (including phenoxy) is 2. The van der Waals surface area contributed by atoms with Gasteiger partial charge in [0.2, 0.25) is 5.51 Å². The van der Waals surface area contributed by atoms with Gasteiger partial charge in [-0.05, 0) is 37.6 Å². The van der Waals surface area contributed by atoms with Gasteiger partial charge in [0.25, 0.3) is 5.91 Å². The van der Waals surface area contributed by atoms with E-state index in [0.29, 0.717) is 12.3 Å². The number of amides is 1. The number of rotatable bonds is 18. The Balaban J connectivity index is 1.39. The number of thiazole rings is 1. The van der Waals surface area contributed by atoms with Crippen LogP contribution in [0, 0.1) is 12.7 Å². The van der Waals surface area contributed by atoms with Gasteiger partial charge in [0, 0.05) is 11.3 Å². The van der Waals surface area contributed by atoms with Crippen molar-refractivity contribution in [3.63, 3.8) is 0 Å². The van der Waals surface area contributed by atoms with E-state index in [9.17, 15) is 9.18 Å².